The third-order valence-electron chi connectivity index (χ3n) is 1.60. The lowest BCUT2D eigenvalue weighted by molar-refractivity contribution is 0.339. The van der Waals surface area contributed by atoms with E-state index in [2.05, 4.69) is 6.26 Å². The summed E-state index contributed by atoms with van der Waals surface area (Å²) in [6.45, 7) is 0.744. The molecular weight excluding hydrogens is 184 g/mol. The van der Waals surface area contributed by atoms with Gasteiger partial charge in [0.25, 0.3) is 0 Å². The molecule has 0 amide bonds. The highest BCUT2D eigenvalue weighted by atomic mass is 32.2. The molecule has 0 heterocycles. The first kappa shape index (κ1) is 10.3. The van der Waals surface area contributed by atoms with E-state index >= 15 is 0 Å². The molecule has 3 heteroatoms. The number of methoxy groups -OCH3 is 1. The van der Waals surface area contributed by atoms with Gasteiger partial charge in [-0.05, 0) is 18.4 Å². The summed E-state index contributed by atoms with van der Waals surface area (Å²) in [4.78, 5) is 0. The maximum Gasteiger partial charge on any atom is 0.123 e. The molecule has 0 aliphatic carbocycles. The van der Waals surface area contributed by atoms with E-state index in [1.54, 1.807) is 18.9 Å². The second-order valence-corrected chi connectivity index (χ2v) is 3.51. The molecule has 2 nitrogen and oxygen atoms in total. The lowest BCUT2D eigenvalue weighted by Crippen LogP contribution is -1.99. The van der Waals surface area contributed by atoms with Crippen LogP contribution >= 0.6 is 11.8 Å². The van der Waals surface area contributed by atoms with Gasteiger partial charge in [0.1, 0.15) is 11.5 Å². The summed E-state index contributed by atoms with van der Waals surface area (Å²) in [5.41, 5.74) is 0. The Labute approximate surface area is 83.2 Å². The molecule has 0 aromatic heterocycles. The van der Waals surface area contributed by atoms with Crippen molar-refractivity contribution in [3.8, 4) is 11.5 Å². The first-order valence-corrected chi connectivity index (χ1v) is 5.52. The normalized spacial score (nSPS) is 9.69. The highest BCUT2D eigenvalue weighted by Gasteiger charge is 1.95. The van der Waals surface area contributed by atoms with Crippen molar-refractivity contribution in [2.45, 2.75) is 0 Å². The fourth-order valence-corrected chi connectivity index (χ4v) is 1.18. The molecule has 13 heavy (non-hydrogen) atoms. The number of hydrogen-bond acceptors (Lipinski definition) is 3. The minimum Gasteiger partial charge on any atom is -0.497 e. The van der Waals surface area contributed by atoms with Gasteiger partial charge in [0.2, 0.25) is 0 Å². The maximum absolute atomic E-state index is 5.49. The van der Waals surface area contributed by atoms with Gasteiger partial charge in [-0.2, -0.15) is 11.8 Å². The van der Waals surface area contributed by atoms with Gasteiger partial charge in [-0.3, -0.25) is 0 Å². The van der Waals surface area contributed by atoms with Crippen LogP contribution in [0.5, 0.6) is 11.5 Å². The SMILES string of the molecule is COc1cccc(OCCSC)c1. The minimum atomic E-state index is 0.744. The Bertz CT molecular complexity index is 250. The molecule has 0 N–H and O–H groups in total. The van der Waals surface area contributed by atoms with Crippen molar-refractivity contribution < 1.29 is 9.47 Å². The highest BCUT2D eigenvalue weighted by Crippen LogP contribution is 2.18. The van der Waals surface area contributed by atoms with Gasteiger partial charge < -0.3 is 9.47 Å². The first-order chi connectivity index (χ1) is 6.36. The van der Waals surface area contributed by atoms with Crippen LogP contribution < -0.4 is 9.47 Å². The molecule has 0 saturated carbocycles. The van der Waals surface area contributed by atoms with Gasteiger partial charge in [-0.15, -0.1) is 0 Å². The van der Waals surface area contributed by atoms with Crippen LogP contribution in [0.1, 0.15) is 0 Å². The lowest BCUT2D eigenvalue weighted by atomic mass is 10.3. The van der Waals surface area contributed by atoms with Gasteiger partial charge in [0.05, 0.1) is 13.7 Å². The number of benzene rings is 1. The third kappa shape index (κ3) is 3.59. The molecule has 1 aromatic rings. The predicted octanol–water partition coefficient (Wildman–Crippen LogP) is 2.44. The van der Waals surface area contributed by atoms with E-state index in [4.69, 9.17) is 9.47 Å². The average molecular weight is 198 g/mol. The summed E-state index contributed by atoms with van der Waals surface area (Å²) < 4.78 is 10.6. The van der Waals surface area contributed by atoms with Crippen LogP contribution in [0.25, 0.3) is 0 Å². The monoisotopic (exact) mass is 198 g/mol. The number of ether oxygens (including phenoxy) is 2. The third-order valence-corrected chi connectivity index (χ3v) is 2.17. The van der Waals surface area contributed by atoms with Crippen LogP contribution in [0, 0.1) is 0 Å². The topological polar surface area (TPSA) is 18.5 Å². The van der Waals surface area contributed by atoms with E-state index in [1.165, 1.54) is 0 Å². The summed E-state index contributed by atoms with van der Waals surface area (Å²) in [6, 6.07) is 7.65. The van der Waals surface area contributed by atoms with E-state index in [0.717, 1.165) is 23.9 Å². The van der Waals surface area contributed by atoms with Crippen molar-refractivity contribution >= 4 is 11.8 Å². The summed E-state index contributed by atoms with van der Waals surface area (Å²) in [5.74, 6) is 2.71. The maximum atomic E-state index is 5.49. The summed E-state index contributed by atoms with van der Waals surface area (Å²) >= 11 is 1.77. The number of hydrogen-bond donors (Lipinski definition) is 0. The van der Waals surface area contributed by atoms with Crippen molar-refractivity contribution in [1.82, 2.24) is 0 Å². The second kappa shape index (κ2) is 5.75. The van der Waals surface area contributed by atoms with Gasteiger partial charge in [0.15, 0.2) is 0 Å². The molecule has 0 bridgehead atoms. The minimum absolute atomic E-state index is 0.744. The van der Waals surface area contributed by atoms with Gasteiger partial charge in [-0.1, -0.05) is 6.07 Å². The van der Waals surface area contributed by atoms with Gasteiger partial charge >= 0.3 is 0 Å². The molecule has 72 valence electrons. The van der Waals surface area contributed by atoms with Gasteiger partial charge in [-0.25, -0.2) is 0 Å². The molecule has 0 atom stereocenters. The Hall–Kier alpha value is -0.830. The van der Waals surface area contributed by atoms with Gasteiger partial charge in [0, 0.05) is 11.8 Å². The molecule has 1 rings (SSSR count). The summed E-state index contributed by atoms with van der Waals surface area (Å²) in [5, 5.41) is 0. The smallest absolute Gasteiger partial charge is 0.123 e. The van der Waals surface area contributed by atoms with Crippen molar-refractivity contribution in [2.24, 2.45) is 0 Å². The molecule has 0 aliphatic heterocycles. The molecule has 0 spiro atoms. The van der Waals surface area contributed by atoms with E-state index in [1.807, 2.05) is 24.3 Å². The van der Waals surface area contributed by atoms with E-state index in [9.17, 15) is 0 Å². The molecular formula is C10H14O2S. The van der Waals surface area contributed by atoms with Crippen molar-refractivity contribution in [3.63, 3.8) is 0 Å². The zero-order valence-corrected chi connectivity index (χ0v) is 8.76. The van der Waals surface area contributed by atoms with Crippen LogP contribution in [-0.4, -0.2) is 25.7 Å². The highest BCUT2D eigenvalue weighted by molar-refractivity contribution is 7.98. The molecule has 0 saturated heterocycles. The lowest BCUT2D eigenvalue weighted by Gasteiger charge is -2.06. The van der Waals surface area contributed by atoms with Crippen LogP contribution in [0.15, 0.2) is 24.3 Å². The van der Waals surface area contributed by atoms with Crippen molar-refractivity contribution in [1.29, 1.82) is 0 Å². The van der Waals surface area contributed by atoms with Crippen LogP contribution in [0.3, 0.4) is 0 Å². The quantitative estimate of drug-likeness (QED) is 0.677. The fraction of sp³-hybridized carbons (Fsp3) is 0.400. The zero-order valence-electron chi connectivity index (χ0n) is 7.95. The van der Waals surface area contributed by atoms with E-state index in [-0.39, 0.29) is 0 Å². The molecule has 1 aromatic carbocycles. The van der Waals surface area contributed by atoms with Crippen LogP contribution in [-0.2, 0) is 0 Å². The standard InChI is InChI=1S/C10H14O2S/c1-11-9-4-3-5-10(8-9)12-6-7-13-2/h3-5,8H,6-7H2,1-2H3. The van der Waals surface area contributed by atoms with E-state index in [0.29, 0.717) is 0 Å². The second-order valence-electron chi connectivity index (χ2n) is 2.52. The fourth-order valence-electron chi connectivity index (χ4n) is 0.934. The van der Waals surface area contributed by atoms with Crippen molar-refractivity contribution in [2.75, 3.05) is 25.7 Å². The predicted molar refractivity (Wildman–Crippen MR) is 56.9 cm³/mol. The summed E-state index contributed by atoms with van der Waals surface area (Å²) in [6.07, 6.45) is 2.06. The van der Waals surface area contributed by atoms with E-state index < -0.39 is 0 Å². The Kier molecular flexibility index (Phi) is 4.54. The summed E-state index contributed by atoms with van der Waals surface area (Å²) in [7, 11) is 1.65. The molecule has 0 fully saturated rings. The Morgan fingerprint density at radius 1 is 1.31 bits per heavy atom. The Morgan fingerprint density at radius 3 is 2.77 bits per heavy atom. The molecule has 0 aliphatic rings. The largest absolute Gasteiger partial charge is 0.497 e. The van der Waals surface area contributed by atoms with Crippen molar-refractivity contribution in [3.05, 3.63) is 24.3 Å². The molecule has 0 unspecified atom stereocenters. The number of thioether (sulfide) groups is 1. The number of rotatable bonds is 5. The Morgan fingerprint density at radius 2 is 2.08 bits per heavy atom. The average Bonchev–Trinajstić information content (AvgIpc) is 2.19. The first-order valence-electron chi connectivity index (χ1n) is 4.12. The molecule has 0 radical (unpaired) electrons. The van der Waals surface area contributed by atoms with Crippen LogP contribution in [0.4, 0.5) is 0 Å². The zero-order chi connectivity index (χ0) is 9.52. The Balaban J connectivity index is 2.46. The van der Waals surface area contributed by atoms with Crippen LogP contribution in [0.2, 0.25) is 0 Å².